The molecule has 0 fully saturated rings. The molecule has 2 rings (SSSR count). The van der Waals surface area contributed by atoms with Crippen molar-refractivity contribution in [2.75, 3.05) is 11.9 Å². The maximum atomic E-state index is 12.1. The smallest absolute Gasteiger partial charge is 0.387 e. The van der Waals surface area contributed by atoms with E-state index < -0.39 is 30.0 Å². The van der Waals surface area contributed by atoms with Gasteiger partial charge in [0.2, 0.25) is 0 Å². The van der Waals surface area contributed by atoms with E-state index in [9.17, 15) is 28.5 Å². The molecule has 8 nitrogen and oxygen atoms in total. The van der Waals surface area contributed by atoms with Crippen molar-refractivity contribution in [2.45, 2.75) is 6.61 Å². The molecule has 0 saturated carbocycles. The van der Waals surface area contributed by atoms with Crippen molar-refractivity contribution in [1.29, 1.82) is 0 Å². The number of carbonyl (C=O) groups excluding carboxylic acids is 2. The number of rotatable bonds is 7. The number of halogens is 3. The maximum Gasteiger partial charge on any atom is 0.387 e. The fourth-order valence-electron chi connectivity index (χ4n) is 1.90. The molecule has 0 aliphatic heterocycles. The lowest BCUT2D eigenvalue weighted by atomic mass is 10.2. The SMILES string of the molecule is O=C(COC(=O)c1ccc(OC(F)F)cc1)Nc1cc([N+](=O)[O-])ccc1Cl. The summed E-state index contributed by atoms with van der Waals surface area (Å²) in [7, 11) is 0. The largest absolute Gasteiger partial charge is 0.452 e. The standard InChI is InChI=1S/C16H11ClF2N2O6/c17-12-6-3-10(21(24)25)7-13(12)20-14(22)8-26-15(23)9-1-4-11(5-2-9)27-16(18)19/h1-7,16H,8H2,(H,20,22). The van der Waals surface area contributed by atoms with Gasteiger partial charge < -0.3 is 14.8 Å². The summed E-state index contributed by atoms with van der Waals surface area (Å²) >= 11 is 5.84. The summed E-state index contributed by atoms with van der Waals surface area (Å²) in [6, 6.07) is 8.13. The van der Waals surface area contributed by atoms with Crippen molar-refractivity contribution in [2.24, 2.45) is 0 Å². The second kappa shape index (κ2) is 8.90. The average Bonchev–Trinajstić information content (AvgIpc) is 2.61. The number of non-ortho nitro benzene ring substituents is 1. The second-order valence-electron chi connectivity index (χ2n) is 4.95. The van der Waals surface area contributed by atoms with E-state index in [-0.39, 0.29) is 27.7 Å². The van der Waals surface area contributed by atoms with E-state index in [1.807, 2.05) is 0 Å². The molecule has 0 bridgehead atoms. The molecule has 0 unspecified atom stereocenters. The molecule has 1 N–H and O–H groups in total. The third-order valence-electron chi connectivity index (χ3n) is 3.08. The van der Waals surface area contributed by atoms with Crippen molar-refractivity contribution in [1.82, 2.24) is 0 Å². The van der Waals surface area contributed by atoms with Crippen molar-refractivity contribution in [3.05, 3.63) is 63.2 Å². The molecule has 2 aromatic carbocycles. The molecule has 27 heavy (non-hydrogen) atoms. The van der Waals surface area contributed by atoms with E-state index in [4.69, 9.17) is 16.3 Å². The van der Waals surface area contributed by atoms with Gasteiger partial charge in [0.25, 0.3) is 11.6 Å². The van der Waals surface area contributed by atoms with Gasteiger partial charge >= 0.3 is 12.6 Å². The number of hydrogen-bond donors (Lipinski definition) is 1. The summed E-state index contributed by atoms with van der Waals surface area (Å²) in [5.41, 5.74) is -0.281. The fourth-order valence-corrected chi connectivity index (χ4v) is 2.06. The highest BCUT2D eigenvalue weighted by atomic mass is 35.5. The van der Waals surface area contributed by atoms with Gasteiger partial charge in [0, 0.05) is 12.1 Å². The first-order valence-electron chi connectivity index (χ1n) is 7.22. The first-order chi connectivity index (χ1) is 12.8. The molecule has 0 aromatic heterocycles. The van der Waals surface area contributed by atoms with Crippen LogP contribution in [0.5, 0.6) is 5.75 Å². The number of nitro benzene ring substituents is 1. The number of nitro groups is 1. The van der Waals surface area contributed by atoms with E-state index in [1.165, 1.54) is 24.3 Å². The summed E-state index contributed by atoms with van der Waals surface area (Å²) in [5.74, 6) is -1.79. The third-order valence-corrected chi connectivity index (χ3v) is 3.41. The number of benzene rings is 2. The highest BCUT2D eigenvalue weighted by molar-refractivity contribution is 6.33. The Morgan fingerprint density at radius 1 is 1.19 bits per heavy atom. The lowest BCUT2D eigenvalue weighted by Crippen LogP contribution is -2.21. The quantitative estimate of drug-likeness (QED) is 0.432. The zero-order valence-electron chi connectivity index (χ0n) is 13.4. The van der Waals surface area contributed by atoms with Crippen LogP contribution in [0.3, 0.4) is 0 Å². The first kappa shape index (κ1) is 20.0. The molecule has 0 aliphatic carbocycles. The number of carbonyl (C=O) groups is 2. The Morgan fingerprint density at radius 2 is 1.85 bits per heavy atom. The summed E-state index contributed by atoms with van der Waals surface area (Å²) in [4.78, 5) is 33.8. The third kappa shape index (κ3) is 5.89. The molecule has 0 saturated heterocycles. The van der Waals surface area contributed by atoms with Crippen LogP contribution in [0.4, 0.5) is 20.2 Å². The van der Waals surface area contributed by atoms with Crippen LogP contribution >= 0.6 is 11.6 Å². The minimum absolute atomic E-state index is 0.0118. The predicted molar refractivity (Wildman–Crippen MR) is 90.1 cm³/mol. The van der Waals surface area contributed by atoms with Crippen LogP contribution in [0.25, 0.3) is 0 Å². The molecule has 0 heterocycles. The van der Waals surface area contributed by atoms with Crippen molar-refractivity contribution < 1.29 is 32.8 Å². The maximum absolute atomic E-state index is 12.1. The fraction of sp³-hybridized carbons (Fsp3) is 0.125. The Bertz CT molecular complexity index is 860. The van der Waals surface area contributed by atoms with Crippen LogP contribution in [-0.2, 0) is 9.53 Å². The topological polar surface area (TPSA) is 108 Å². The monoisotopic (exact) mass is 400 g/mol. The molecule has 0 atom stereocenters. The van der Waals surface area contributed by atoms with E-state index in [2.05, 4.69) is 10.1 Å². The van der Waals surface area contributed by atoms with Gasteiger partial charge in [-0.15, -0.1) is 0 Å². The van der Waals surface area contributed by atoms with Crippen LogP contribution < -0.4 is 10.1 Å². The predicted octanol–water partition coefficient (Wildman–Crippen LogP) is 3.65. The lowest BCUT2D eigenvalue weighted by Gasteiger charge is -2.08. The van der Waals surface area contributed by atoms with Crippen LogP contribution in [0, 0.1) is 10.1 Å². The molecular weight excluding hydrogens is 390 g/mol. The first-order valence-corrected chi connectivity index (χ1v) is 7.60. The number of ether oxygens (including phenoxy) is 2. The zero-order chi connectivity index (χ0) is 20.0. The van der Waals surface area contributed by atoms with Crippen molar-refractivity contribution in [3.8, 4) is 5.75 Å². The molecule has 0 spiro atoms. The zero-order valence-corrected chi connectivity index (χ0v) is 14.1. The van der Waals surface area contributed by atoms with Crippen molar-refractivity contribution >= 4 is 34.9 Å². The Labute approximate surface area is 155 Å². The summed E-state index contributed by atoms with van der Waals surface area (Å²) in [6.45, 7) is -3.68. The minimum atomic E-state index is -2.99. The molecule has 142 valence electrons. The van der Waals surface area contributed by atoms with Gasteiger partial charge in [0.15, 0.2) is 6.61 Å². The molecule has 11 heteroatoms. The lowest BCUT2D eigenvalue weighted by molar-refractivity contribution is -0.384. The van der Waals surface area contributed by atoms with Gasteiger partial charge in [-0.2, -0.15) is 8.78 Å². The van der Waals surface area contributed by atoms with Crippen LogP contribution in [0.1, 0.15) is 10.4 Å². The Balaban J connectivity index is 1.92. The van der Waals surface area contributed by atoms with Gasteiger partial charge in [-0.25, -0.2) is 4.79 Å². The van der Waals surface area contributed by atoms with Gasteiger partial charge in [-0.3, -0.25) is 14.9 Å². The Hall–Kier alpha value is -3.27. The number of nitrogens with one attached hydrogen (secondary N) is 1. The Kier molecular flexibility index (Phi) is 6.61. The number of esters is 1. The molecule has 1 amide bonds. The van der Waals surface area contributed by atoms with Gasteiger partial charge in [0.1, 0.15) is 5.75 Å². The molecule has 0 aliphatic rings. The van der Waals surface area contributed by atoms with Crippen LogP contribution in [0.15, 0.2) is 42.5 Å². The second-order valence-corrected chi connectivity index (χ2v) is 5.36. The van der Waals surface area contributed by atoms with Gasteiger partial charge in [-0.1, -0.05) is 11.6 Å². The molecule has 0 radical (unpaired) electrons. The van der Waals surface area contributed by atoms with E-state index in [0.29, 0.717) is 0 Å². The Morgan fingerprint density at radius 3 is 2.44 bits per heavy atom. The summed E-state index contributed by atoms with van der Waals surface area (Å²) < 4.78 is 33.0. The van der Waals surface area contributed by atoms with Crippen LogP contribution in [-0.4, -0.2) is 30.0 Å². The number of anilines is 1. The summed E-state index contributed by atoms with van der Waals surface area (Å²) in [5, 5.41) is 13.1. The average molecular weight is 401 g/mol. The van der Waals surface area contributed by atoms with Gasteiger partial charge in [-0.05, 0) is 30.3 Å². The molecule has 2 aromatic rings. The minimum Gasteiger partial charge on any atom is -0.452 e. The van der Waals surface area contributed by atoms with E-state index >= 15 is 0 Å². The normalized spacial score (nSPS) is 10.4. The number of amides is 1. The summed E-state index contributed by atoms with van der Waals surface area (Å²) in [6.07, 6.45) is 0. The van der Waals surface area contributed by atoms with E-state index in [0.717, 1.165) is 18.2 Å². The highest BCUT2D eigenvalue weighted by Crippen LogP contribution is 2.26. The molecular formula is C16H11ClF2N2O6. The van der Waals surface area contributed by atoms with Gasteiger partial charge in [0.05, 0.1) is 21.2 Å². The highest BCUT2D eigenvalue weighted by Gasteiger charge is 2.15. The van der Waals surface area contributed by atoms with E-state index in [1.54, 1.807) is 0 Å². The number of hydrogen-bond acceptors (Lipinski definition) is 6. The van der Waals surface area contributed by atoms with Crippen molar-refractivity contribution in [3.63, 3.8) is 0 Å². The number of alkyl halides is 2. The van der Waals surface area contributed by atoms with Crippen LogP contribution in [0.2, 0.25) is 5.02 Å². The number of nitrogens with zero attached hydrogens (tertiary/aromatic N) is 1.